The molecule has 6 heteroatoms. The number of hydrogen-bond acceptors (Lipinski definition) is 3. The molecule has 0 N–H and O–H groups in total. The summed E-state index contributed by atoms with van der Waals surface area (Å²) in [5.41, 5.74) is 1.13. The van der Waals surface area contributed by atoms with Crippen molar-refractivity contribution >= 4 is 11.8 Å². The molecule has 0 fully saturated rings. The summed E-state index contributed by atoms with van der Waals surface area (Å²) in [5.74, 6) is 0.407. The van der Waals surface area contributed by atoms with Gasteiger partial charge in [-0.05, 0) is 17.7 Å². The number of hydrogen-bond donors (Lipinski definition) is 0. The molecule has 1 heterocycles. The molecule has 0 radical (unpaired) electrons. The number of halogens is 3. The maximum Gasteiger partial charge on any atom is 0.573 e. The summed E-state index contributed by atoms with van der Waals surface area (Å²) in [4.78, 5) is 3.92. The fourth-order valence-corrected chi connectivity index (χ4v) is 2.18. The minimum atomic E-state index is -4.68. The number of rotatable bonds is 4. The highest BCUT2D eigenvalue weighted by molar-refractivity contribution is 7.98. The van der Waals surface area contributed by atoms with Crippen LogP contribution in [0.15, 0.2) is 53.7 Å². The lowest BCUT2D eigenvalue weighted by atomic mass is 10.2. The Hall–Kier alpha value is -1.69. The monoisotopic (exact) mass is 285 g/mol. The van der Waals surface area contributed by atoms with E-state index in [-0.39, 0.29) is 5.75 Å². The number of nitrogens with zero attached hydrogens (tertiary/aromatic N) is 1. The molecule has 0 saturated carbocycles. The molecule has 100 valence electrons. The third kappa shape index (κ3) is 4.82. The van der Waals surface area contributed by atoms with E-state index in [1.807, 2.05) is 30.3 Å². The topological polar surface area (TPSA) is 22.1 Å². The highest BCUT2D eigenvalue weighted by Crippen LogP contribution is 2.25. The van der Waals surface area contributed by atoms with Gasteiger partial charge in [0.2, 0.25) is 0 Å². The van der Waals surface area contributed by atoms with Crippen LogP contribution in [0, 0.1) is 0 Å². The minimum Gasteiger partial charge on any atom is -0.404 e. The average Bonchev–Trinajstić information content (AvgIpc) is 2.37. The number of ether oxygens (including phenoxy) is 1. The van der Waals surface area contributed by atoms with Gasteiger partial charge in [0, 0.05) is 5.75 Å². The highest BCUT2D eigenvalue weighted by Gasteiger charge is 2.31. The van der Waals surface area contributed by atoms with Gasteiger partial charge in [0.1, 0.15) is 5.75 Å². The molecular weight excluding hydrogens is 275 g/mol. The van der Waals surface area contributed by atoms with E-state index in [4.69, 9.17) is 0 Å². The third-order valence-electron chi connectivity index (χ3n) is 2.17. The quantitative estimate of drug-likeness (QED) is 0.783. The van der Waals surface area contributed by atoms with E-state index in [9.17, 15) is 13.2 Å². The molecule has 0 saturated heterocycles. The fourth-order valence-electron chi connectivity index (χ4n) is 1.38. The summed E-state index contributed by atoms with van der Waals surface area (Å²) in [6.07, 6.45) is -3.61. The van der Waals surface area contributed by atoms with Gasteiger partial charge in [-0.15, -0.1) is 24.9 Å². The molecule has 1 aromatic heterocycles. The highest BCUT2D eigenvalue weighted by atomic mass is 32.2. The molecule has 0 aliphatic carbocycles. The zero-order valence-corrected chi connectivity index (χ0v) is 10.5. The Labute approximate surface area is 112 Å². The molecule has 0 aliphatic rings. The lowest BCUT2D eigenvalue weighted by molar-refractivity contribution is -0.274. The Morgan fingerprint density at radius 2 is 1.79 bits per heavy atom. The molecule has 2 rings (SSSR count). The normalized spacial score (nSPS) is 11.3. The maximum absolute atomic E-state index is 12.0. The van der Waals surface area contributed by atoms with Crippen molar-refractivity contribution in [3.05, 3.63) is 54.2 Å². The van der Waals surface area contributed by atoms with Gasteiger partial charge in [-0.3, -0.25) is 0 Å². The summed E-state index contributed by atoms with van der Waals surface area (Å²) in [6.45, 7) is 0. The summed E-state index contributed by atoms with van der Waals surface area (Å²) >= 11 is 1.45. The van der Waals surface area contributed by atoms with Crippen LogP contribution in [0.2, 0.25) is 0 Å². The van der Waals surface area contributed by atoms with Gasteiger partial charge in [0.15, 0.2) is 0 Å². The van der Waals surface area contributed by atoms with Crippen molar-refractivity contribution in [3.63, 3.8) is 0 Å². The molecule has 2 nitrogen and oxygen atoms in total. The molecule has 1 aromatic carbocycles. The zero-order chi connectivity index (χ0) is 13.7. The van der Waals surface area contributed by atoms with Crippen molar-refractivity contribution < 1.29 is 17.9 Å². The second-order valence-electron chi connectivity index (χ2n) is 3.65. The van der Waals surface area contributed by atoms with E-state index in [1.54, 1.807) is 0 Å². The van der Waals surface area contributed by atoms with Crippen LogP contribution in [0.3, 0.4) is 0 Å². The van der Waals surface area contributed by atoms with E-state index in [2.05, 4.69) is 9.72 Å². The summed E-state index contributed by atoms with van der Waals surface area (Å²) in [6, 6.07) is 12.5. The van der Waals surface area contributed by atoms with E-state index in [0.717, 1.165) is 11.8 Å². The van der Waals surface area contributed by atoms with Crippen molar-refractivity contribution in [2.45, 2.75) is 17.1 Å². The van der Waals surface area contributed by atoms with E-state index >= 15 is 0 Å². The Balaban J connectivity index is 1.92. The fraction of sp³-hybridized carbons (Fsp3) is 0.154. The maximum atomic E-state index is 12.0. The first-order valence-corrected chi connectivity index (χ1v) is 6.40. The Morgan fingerprint density at radius 3 is 2.37 bits per heavy atom. The first-order valence-electron chi connectivity index (χ1n) is 5.41. The van der Waals surface area contributed by atoms with Crippen molar-refractivity contribution in [3.8, 4) is 5.75 Å². The number of thioether (sulfide) groups is 1. The lowest BCUT2D eigenvalue weighted by Gasteiger charge is -2.08. The smallest absolute Gasteiger partial charge is 0.404 e. The van der Waals surface area contributed by atoms with Gasteiger partial charge >= 0.3 is 6.36 Å². The molecular formula is C13H10F3NOS. The van der Waals surface area contributed by atoms with Crippen LogP contribution in [0.25, 0.3) is 0 Å². The van der Waals surface area contributed by atoms with Crippen LogP contribution in [-0.4, -0.2) is 11.3 Å². The van der Waals surface area contributed by atoms with E-state index in [0.29, 0.717) is 10.8 Å². The van der Waals surface area contributed by atoms with Crippen LogP contribution in [0.1, 0.15) is 5.56 Å². The molecule has 0 aliphatic heterocycles. The summed E-state index contributed by atoms with van der Waals surface area (Å²) < 4.78 is 39.6. The summed E-state index contributed by atoms with van der Waals surface area (Å²) in [5, 5.41) is 0.651. The number of benzene rings is 1. The van der Waals surface area contributed by atoms with Gasteiger partial charge in [-0.1, -0.05) is 30.3 Å². The molecule has 0 unspecified atom stereocenters. The number of aromatic nitrogens is 1. The van der Waals surface area contributed by atoms with Crippen molar-refractivity contribution in [2.75, 3.05) is 0 Å². The van der Waals surface area contributed by atoms with E-state index < -0.39 is 6.36 Å². The molecule has 19 heavy (non-hydrogen) atoms. The molecule has 2 aromatic rings. The Morgan fingerprint density at radius 1 is 1.05 bits per heavy atom. The average molecular weight is 285 g/mol. The predicted octanol–water partition coefficient (Wildman–Crippen LogP) is 4.27. The lowest BCUT2D eigenvalue weighted by Crippen LogP contribution is -2.17. The predicted molar refractivity (Wildman–Crippen MR) is 66.9 cm³/mol. The van der Waals surface area contributed by atoms with Crippen LogP contribution in [0.4, 0.5) is 13.2 Å². The standard InChI is InChI=1S/C13H10F3NOS/c14-13(15,16)18-11-6-7-12(17-8-11)19-9-10-4-2-1-3-5-10/h1-8H,9H2. The SMILES string of the molecule is FC(F)(F)Oc1ccc(SCc2ccccc2)nc1. The van der Waals surface area contributed by atoms with Crippen molar-refractivity contribution in [1.82, 2.24) is 4.98 Å². The van der Waals surface area contributed by atoms with Gasteiger partial charge in [-0.2, -0.15) is 0 Å². The molecule has 0 amide bonds. The molecule has 0 atom stereocenters. The largest absolute Gasteiger partial charge is 0.573 e. The Bertz CT molecular complexity index is 514. The molecule has 0 bridgehead atoms. The number of alkyl halides is 3. The van der Waals surface area contributed by atoms with Gasteiger partial charge in [-0.25, -0.2) is 4.98 Å². The van der Waals surface area contributed by atoms with Crippen LogP contribution < -0.4 is 4.74 Å². The molecule has 0 spiro atoms. The Kier molecular flexibility index (Phi) is 4.31. The van der Waals surface area contributed by atoms with Gasteiger partial charge in [0.25, 0.3) is 0 Å². The first-order chi connectivity index (χ1) is 9.03. The van der Waals surface area contributed by atoms with Gasteiger partial charge in [0.05, 0.1) is 11.2 Å². The van der Waals surface area contributed by atoms with Crippen LogP contribution in [-0.2, 0) is 5.75 Å². The summed E-state index contributed by atoms with van der Waals surface area (Å²) in [7, 11) is 0. The second-order valence-corrected chi connectivity index (χ2v) is 4.65. The minimum absolute atomic E-state index is 0.309. The van der Waals surface area contributed by atoms with Gasteiger partial charge < -0.3 is 4.74 Å². The van der Waals surface area contributed by atoms with Crippen LogP contribution in [0.5, 0.6) is 5.75 Å². The van der Waals surface area contributed by atoms with Crippen molar-refractivity contribution in [1.29, 1.82) is 0 Å². The van der Waals surface area contributed by atoms with Crippen LogP contribution >= 0.6 is 11.8 Å². The first kappa shape index (κ1) is 13.7. The second kappa shape index (κ2) is 5.97. The third-order valence-corrected chi connectivity index (χ3v) is 3.19. The van der Waals surface area contributed by atoms with Crippen molar-refractivity contribution in [2.24, 2.45) is 0 Å². The zero-order valence-electron chi connectivity index (χ0n) is 9.72. The van der Waals surface area contributed by atoms with E-state index in [1.165, 1.54) is 23.9 Å². The number of pyridine rings is 1.